The van der Waals surface area contributed by atoms with Crippen molar-refractivity contribution in [2.24, 2.45) is 0 Å². The van der Waals surface area contributed by atoms with Crippen molar-refractivity contribution < 1.29 is 9.47 Å². The Balaban J connectivity index is 1.33. The Bertz CT molecular complexity index is 1180. The van der Waals surface area contributed by atoms with E-state index in [-0.39, 0.29) is 0 Å². The zero-order chi connectivity index (χ0) is 23.3. The molecule has 2 aliphatic rings. The number of methoxy groups -OCH3 is 2. The Labute approximate surface area is 202 Å². The first kappa shape index (κ1) is 22.2. The van der Waals surface area contributed by atoms with Gasteiger partial charge >= 0.3 is 0 Å². The van der Waals surface area contributed by atoms with Gasteiger partial charge in [-0.05, 0) is 58.4 Å². The lowest BCUT2D eigenvalue weighted by atomic mass is 9.86. The molecule has 172 valence electrons. The molecular formula is C31H31NO2. The Morgan fingerprint density at radius 1 is 0.765 bits per heavy atom. The van der Waals surface area contributed by atoms with Crippen molar-refractivity contribution in [2.45, 2.75) is 12.8 Å². The van der Waals surface area contributed by atoms with Crippen molar-refractivity contribution in [1.29, 1.82) is 0 Å². The van der Waals surface area contributed by atoms with Crippen LogP contribution in [0.1, 0.15) is 40.7 Å². The highest BCUT2D eigenvalue weighted by atomic mass is 16.5. The summed E-state index contributed by atoms with van der Waals surface area (Å²) >= 11 is 0. The minimum Gasteiger partial charge on any atom is -0.497 e. The third-order valence-corrected chi connectivity index (χ3v) is 6.76. The van der Waals surface area contributed by atoms with Gasteiger partial charge in [0, 0.05) is 25.7 Å². The van der Waals surface area contributed by atoms with E-state index in [2.05, 4.69) is 77.7 Å². The third-order valence-electron chi connectivity index (χ3n) is 6.76. The highest BCUT2D eigenvalue weighted by molar-refractivity contribution is 5.94. The van der Waals surface area contributed by atoms with Crippen molar-refractivity contribution in [1.82, 2.24) is 4.90 Å². The van der Waals surface area contributed by atoms with Gasteiger partial charge in [-0.1, -0.05) is 78.4 Å². The molecule has 3 nitrogen and oxygen atoms in total. The molecule has 0 N–H and O–H groups in total. The summed E-state index contributed by atoms with van der Waals surface area (Å²) in [5, 5.41) is 0. The smallest absolute Gasteiger partial charge is 0.123 e. The number of piperidine rings is 1. The first-order valence-corrected chi connectivity index (χ1v) is 12.0. The van der Waals surface area contributed by atoms with Gasteiger partial charge in [0.1, 0.15) is 11.5 Å². The van der Waals surface area contributed by atoms with E-state index in [0.29, 0.717) is 0 Å². The molecule has 0 atom stereocenters. The quantitative estimate of drug-likeness (QED) is 0.334. The zero-order valence-corrected chi connectivity index (χ0v) is 20.0. The molecule has 3 aromatic rings. The van der Waals surface area contributed by atoms with E-state index in [1.54, 1.807) is 19.8 Å². The fraction of sp³-hybridized carbons (Fsp3) is 0.226. The van der Waals surface area contributed by atoms with E-state index in [0.717, 1.165) is 49.5 Å². The third kappa shape index (κ3) is 4.71. The van der Waals surface area contributed by atoms with Crippen LogP contribution in [-0.2, 0) is 0 Å². The van der Waals surface area contributed by atoms with E-state index in [1.807, 2.05) is 18.2 Å². The highest BCUT2D eigenvalue weighted by Crippen LogP contribution is 2.38. The van der Waals surface area contributed by atoms with E-state index in [4.69, 9.17) is 9.47 Å². The molecule has 1 fully saturated rings. The summed E-state index contributed by atoms with van der Waals surface area (Å²) in [6, 6.07) is 23.6. The number of rotatable bonds is 5. The summed E-state index contributed by atoms with van der Waals surface area (Å²) in [4.78, 5) is 2.53. The summed E-state index contributed by atoms with van der Waals surface area (Å²) in [5.74, 6) is 1.62. The lowest BCUT2D eigenvalue weighted by molar-refractivity contribution is 0.284. The predicted molar refractivity (Wildman–Crippen MR) is 142 cm³/mol. The van der Waals surface area contributed by atoms with Crippen LogP contribution >= 0.6 is 0 Å². The molecular weight excluding hydrogens is 418 g/mol. The van der Waals surface area contributed by atoms with E-state index < -0.39 is 0 Å². The Morgan fingerprint density at radius 2 is 1.32 bits per heavy atom. The lowest BCUT2D eigenvalue weighted by Crippen LogP contribution is -2.31. The normalized spacial score (nSPS) is 15.7. The first-order chi connectivity index (χ1) is 16.7. The maximum Gasteiger partial charge on any atom is 0.123 e. The molecule has 34 heavy (non-hydrogen) atoms. The topological polar surface area (TPSA) is 21.7 Å². The minimum atomic E-state index is 0.812. The lowest BCUT2D eigenvalue weighted by Gasteiger charge is -2.29. The average molecular weight is 450 g/mol. The van der Waals surface area contributed by atoms with Crippen molar-refractivity contribution in [3.8, 4) is 11.5 Å². The van der Waals surface area contributed by atoms with Crippen LogP contribution in [-0.4, -0.2) is 38.8 Å². The molecule has 5 rings (SSSR count). The van der Waals surface area contributed by atoms with Crippen molar-refractivity contribution in [3.05, 3.63) is 106 Å². The number of ether oxygens (including phenoxy) is 2. The second kappa shape index (κ2) is 10.1. The van der Waals surface area contributed by atoms with Crippen LogP contribution in [0.4, 0.5) is 0 Å². The van der Waals surface area contributed by atoms with E-state index in [1.165, 1.54) is 27.8 Å². The molecule has 3 aromatic carbocycles. The number of benzene rings is 3. The summed E-state index contributed by atoms with van der Waals surface area (Å²) in [7, 11) is 3.37. The molecule has 3 heteroatoms. The van der Waals surface area contributed by atoms with Gasteiger partial charge in [0.05, 0.1) is 14.2 Å². The monoisotopic (exact) mass is 449 g/mol. The SMILES string of the molecule is COc1cc(C=CCN2CCC(=C3c4ccccc4C=Cc4ccccc43)CC2)cc(OC)c1. The van der Waals surface area contributed by atoms with Gasteiger partial charge in [-0.2, -0.15) is 0 Å². The summed E-state index contributed by atoms with van der Waals surface area (Å²) in [5.41, 5.74) is 9.44. The second-order valence-electron chi connectivity index (χ2n) is 8.84. The van der Waals surface area contributed by atoms with Crippen LogP contribution in [0.25, 0.3) is 23.8 Å². The molecule has 0 unspecified atom stereocenters. The number of nitrogens with zero attached hydrogens (tertiary/aromatic N) is 1. The molecule has 0 amide bonds. The van der Waals surface area contributed by atoms with Crippen LogP contribution in [0.5, 0.6) is 11.5 Å². The van der Waals surface area contributed by atoms with Gasteiger partial charge in [-0.15, -0.1) is 0 Å². The van der Waals surface area contributed by atoms with Gasteiger partial charge < -0.3 is 9.47 Å². The minimum absolute atomic E-state index is 0.812. The Kier molecular flexibility index (Phi) is 6.64. The van der Waals surface area contributed by atoms with E-state index in [9.17, 15) is 0 Å². The van der Waals surface area contributed by atoms with Gasteiger partial charge in [-0.3, -0.25) is 4.90 Å². The molecule has 0 spiro atoms. The molecule has 0 radical (unpaired) electrons. The molecule has 0 bridgehead atoms. The maximum absolute atomic E-state index is 5.39. The molecule has 1 aliphatic carbocycles. The van der Waals surface area contributed by atoms with Gasteiger partial charge in [0.25, 0.3) is 0 Å². The molecule has 1 saturated heterocycles. The van der Waals surface area contributed by atoms with Crippen molar-refractivity contribution in [3.63, 3.8) is 0 Å². The number of hydrogen-bond donors (Lipinski definition) is 0. The van der Waals surface area contributed by atoms with Crippen LogP contribution < -0.4 is 9.47 Å². The van der Waals surface area contributed by atoms with Crippen LogP contribution in [0, 0.1) is 0 Å². The fourth-order valence-corrected chi connectivity index (χ4v) is 4.96. The molecule has 1 heterocycles. The van der Waals surface area contributed by atoms with Crippen LogP contribution in [0.3, 0.4) is 0 Å². The second-order valence-corrected chi connectivity index (χ2v) is 8.84. The molecule has 0 saturated carbocycles. The highest BCUT2D eigenvalue weighted by Gasteiger charge is 2.22. The average Bonchev–Trinajstić information content (AvgIpc) is 3.06. The van der Waals surface area contributed by atoms with Gasteiger partial charge in [-0.25, -0.2) is 0 Å². The Hall–Kier alpha value is -3.56. The Morgan fingerprint density at radius 3 is 1.88 bits per heavy atom. The number of hydrogen-bond acceptors (Lipinski definition) is 3. The van der Waals surface area contributed by atoms with Crippen LogP contribution in [0.2, 0.25) is 0 Å². The summed E-state index contributed by atoms with van der Waals surface area (Å²) < 4.78 is 10.8. The zero-order valence-electron chi connectivity index (χ0n) is 20.0. The number of fused-ring (bicyclic) bond motifs is 2. The number of likely N-dealkylation sites (tertiary alicyclic amines) is 1. The maximum atomic E-state index is 5.39. The fourth-order valence-electron chi connectivity index (χ4n) is 4.96. The van der Waals surface area contributed by atoms with E-state index >= 15 is 0 Å². The summed E-state index contributed by atoms with van der Waals surface area (Å²) in [6.45, 7) is 3.08. The predicted octanol–water partition coefficient (Wildman–Crippen LogP) is 6.80. The van der Waals surface area contributed by atoms with Crippen molar-refractivity contribution >= 4 is 23.8 Å². The molecule has 0 aromatic heterocycles. The first-order valence-electron chi connectivity index (χ1n) is 12.0. The van der Waals surface area contributed by atoms with Crippen LogP contribution in [0.15, 0.2) is 78.4 Å². The van der Waals surface area contributed by atoms with Crippen molar-refractivity contribution in [2.75, 3.05) is 33.9 Å². The van der Waals surface area contributed by atoms with Gasteiger partial charge in [0.15, 0.2) is 0 Å². The largest absolute Gasteiger partial charge is 0.497 e. The molecule has 1 aliphatic heterocycles. The van der Waals surface area contributed by atoms with Gasteiger partial charge in [0.2, 0.25) is 0 Å². The standard InChI is InChI=1S/C31H31NO2/c1-33-27-20-23(21-28(22-27)34-2)8-7-17-32-18-15-26(16-19-32)31-29-11-5-3-9-24(29)13-14-25-10-4-6-12-30(25)31/h3-14,20-22H,15-19H2,1-2H3. The summed E-state index contributed by atoms with van der Waals surface area (Å²) in [6.07, 6.45) is 11.1.